The summed E-state index contributed by atoms with van der Waals surface area (Å²) < 4.78 is 40.1. The van der Waals surface area contributed by atoms with Gasteiger partial charge in [-0.3, -0.25) is 4.79 Å². The molecular weight excluding hydrogens is 349 g/mol. The van der Waals surface area contributed by atoms with Crippen molar-refractivity contribution in [1.29, 1.82) is 0 Å². The molecule has 1 saturated heterocycles. The fourth-order valence-corrected chi connectivity index (χ4v) is 3.84. The standard InChI is InChI=1S/C14H14ClF3N4O2/c15-11-19-2-8(16)9(20-11)22-4-12(6-23)3-13(12,5-22)21-10(24)7-1-14(7,17)18/h2,7,23H,1,3-6H2,(H,21,24)/t7-,12-,13+/m0/s1. The van der Waals surface area contributed by atoms with Crippen LogP contribution in [0.2, 0.25) is 5.28 Å². The number of carbonyl (C=O) groups is 1. The van der Waals surface area contributed by atoms with E-state index >= 15 is 0 Å². The van der Waals surface area contributed by atoms with E-state index in [9.17, 15) is 23.1 Å². The van der Waals surface area contributed by atoms with Gasteiger partial charge in [-0.15, -0.1) is 0 Å². The Morgan fingerprint density at radius 3 is 2.83 bits per heavy atom. The van der Waals surface area contributed by atoms with Gasteiger partial charge in [0.25, 0.3) is 5.92 Å². The number of rotatable bonds is 4. The number of nitrogens with one attached hydrogen (secondary N) is 1. The lowest BCUT2D eigenvalue weighted by molar-refractivity contribution is -0.125. The van der Waals surface area contributed by atoms with Gasteiger partial charge in [0.2, 0.25) is 11.2 Å². The lowest BCUT2D eigenvalue weighted by atomic mass is 10.0. The molecule has 0 unspecified atom stereocenters. The molecule has 1 aliphatic heterocycles. The van der Waals surface area contributed by atoms with Gasteiger partial charge in [-0.05, 0) is 18.0 Å². The number of fused-ring (bicyclic) bond motifs is 1. The average Bonchev–Trinajstić information content (AvgIpc) is 3.32. The Morgan fingerprint density at radius 2 is 2.21 bits per heavy atom. The monoisotopic (exact) mass is 362 g/mol. The van der Waals surface area contributed by atoms with Crippen molar-refractivity contribution in [3.8, 4) is 0 Å². The van der Waals surface area contributed by atoms with Crippen LogP contribution in [0.4, 0.5) is 19.0 Å². The molecule has 0 bridgehead atoms. The highest BCUT2D eigenvalue weighted by Crippen LogP contribution is 2.62. The predicted molar refractivity (Wildman–Crippen MR) is 77.3 cm³/mol. The van der Waals surface area contributed by atoms with Gasteiger partial charge in [0.1, 0.15) is 5.92 Å². The van der Waals surface area contributed by atoms with Crippen LogP contribution in [0, 0.1) is 17.2 Å². The number of hydrogen-bond donors (Lipinski definition) is 2. The highest BCUT2D eigenvalue weighted by atomic mass is 35.5. The van der Waals surface area contributed by atoms with Crippen LogP contribution in [-0.2, 0) is 4.79 Å². The molecule has 4 rings (SSSR count). The largest absolute Gasteiger partial charge is 0.396 e. The Bertz CT molecular complexity index is 736. The van der Waals surface area contributed by atoms with Crippen LogP contribution < -0.4 is 10.2 Å². The Morgan fingerprint density at radius 1 is 1.50 bits per heavy atom. The summed E-state index contributed by atoms with van der Waals surface area (Å²) in [7, 11) is 0. The van der Waals surface area contributed by atoms with Crippen LogP contribution in [0.3, 0.4) is 0 Å². The minimum absolute atomic E-state index is 0.0274. The van der Waals surface area contributed by atoms with Crippen LogP contribution in [0.25, 0.3) is 0 Å². The number of alkyl halides is 2. The minimum atomic E-state index is -2.96. The molecule has 2 saturated carbocycles. The molecule has 6 nitrogen and oxygen atoms in total. The second-order valence-corrected chi connectivity index (χ2v) is 7.21. The Balaban J connectivity index is 1.55. The zero-order valence-corrected chi connectivity index (χ0v) is 13.2. The van der Waals surface area contributed by atoms with Crippen LogP contribution in [0.5, 0.6) is 0 Å². The summed E-state index contributed by atoms with van der Waals surface area (Å²) in [4.78, 5) is 21.0. The zero-order valence-electron chi connectivity index (χ0n) is 12.4. The van der Waals surface area contributed by atoms with E-state index in [1.54, 1.807) is 4.90 Å². The first-order valence-corrected chi connectivity index (χ1v) is 7.83. The summed E-state index contributed by atoms with van der Waals surface area (Å²) in [6, 6.07) is 0. The van der Waals surface area contributed by atoms with Crippen LogP contribution >= 0.6 is 11.6 Å². The summed E-state index contributed by atoms with van der Waals surface area (Å²) in [5.41, 5.74) is -1.53. The van der Waals surface area contributed by atoms with Crippen LogP contribution in [-0.4, -0.2) is 52.1 Å². The molecule has 2 N–H and O–H groups in total. The third-order valence-corrected chi connectivity index (χ3v) is 5.47. The number of piperidine rings is 1. The number of hydrogen-bond acceptors (Lipinski definition) is 5. The highest BCUT2D eigenvalue weighted by molar-refractivity contribution is 6.28. The minimum Gasteiger partial charge on any atom is -0.396 e. The van der Waals surface area contributed by atoms with E-state index in [0.29, 0.717) is 6.42 Å². The third kappa shape index (κ3) is 2.17. The van der Waals surface area contributed by atoms with Crippen LogP contribution in [0.15, 0.2) is 6.20 Å². The maximum atomic E-state index is 13.9. The molecule has 1 amide bonds. The van der Waals surface area contributed by atoms with Gasteiger partial charge in [0.15, 0.2) is 11.6 Å². The number of anilines is 1. The third-order valence-electron chi connectivity index (χ3n) is 5.29. The maximum Gasteiger partial charge on any atom is 0.260 e. The number of halogens is 4. The molecule has 1 aromatic rings. The van der Waals surface area contributed by atoms with E-state index in [2.05, 4.69) is 15.3 Å². The predicted octanol–water partition coefficient (Wildman–Crippen LogP) is 0.982. The quantitative estimate of drug-likeness (QED) is 0.781. The number of aliphatic hydroxyl groups excluding tert-OH is 1. The summed E-state index contributed by atoms with van der Waals surface area (Å²) in [6.07, 6.45) is 0.939. The first kappa shape index (κ1) is 15.9. The summed E-state index contributed by atoms with van der Waals surface area (Å²) in [5.74, 6) is -5.70. The van der Waals surface area contributed by atoms with Gasteiger partial charge < -0.3 is 15.3 Å². The molecule has 0 aromatic carbocycles. The van der Waals surface area contributed by atoms with Crippen molar-refractivity contribution in [2.24, 2.45) is 11.3 Å². The fourth-order valence-electron chi connectivity index (χ4n) is 3.71. The second kappa shape index (κ2) is 4.72. The number of aromatic nitrogens is 2. The smallest absolute Gasteiger partial charge is 0.260 e. The second-order valence-electron chi connectivity index (χ2n) is 6.87. The number of nitrogens with zero attached hydrogens (tertiary/aromatic N) is 3. The van der Waals surface area contributed by atoms with Crippen molar-refractivity contribution in [1.82, 2.24) is 15.3 Å². The number of aliphatic hydroxyl groups is 1. The van der Waals surface area contributed by atoms with Gasteiger partial charge in [-0.25, -0.2) is 18.2 Å². The molecular formula is C14H14ClF3N4O2. The highest BCUT2D eigenvalue weighted by Gasteiger charge is 2.74. The Hall–Kier alpha value is -1.61. The van der Waals surface area contributed by atoms with E-state index < -0.39 is 40.9 Å². The molecule has 10 heteroatoms. The summed E-state index contributed by atoms with van der Waals surface area (Å²) in [5, 5.41) is 12.2. The van der Waals surface area contributed by atoms with Crippen molar-refractivity contribution >= 4 is 23.3 Å². The molecule has 2 aliphatic carbocycles. The van der Waals surface area contributed by atoms with Gasteiger partial charge in [0.05, 0.1) is 18.3 Å². The molecule has 3 aliphatic rings. The van der Waals surface area contributed by atoms with Crippen LogP contribution in [0.1, 0.15) is 12.8 Å². The van der Waals surface area contributed by atoms with Gasteiger partial charge >= 0.3 is 0 Å². The van der Waals surface area contributed by atoms with Gasteiger partial charge in [0, 0.05) is 24.9 Å². The topological polar surface area (TPSA) is 78.4 Å². The molecule has 130 valence electrons. The van der Waals surface area contributed by atoms with Crippen molar-refractivity contribution in [2.45, 2.75) is 24.3 Å². The van der Waals surface area contributed by atoms with E-state index in [1.807, 2.05) is 0 Å². The number of carbonyl (C=O) groups excluding carboxylic acids is 1. The lowest BCUT2D eigenvalue weighted by Gasteiger charge is -2.22. The van der Waals surface area contributed by atoms with Crippen molar-refractivity contribution < 1.29 is 23.1 Å². The molecule has 1 aromatic heterocycles. The SMILES string of the molecule is O=C(N[C@]12CN(c3nc(Cl)ncc3F)C[C@]1(CO)C2)[C@@H]1CC1(F)F. The van der Waals surface area contributed by atoms with Crippen molar-refractivity contribution in [3.63, 3.8) is 0 Å². The fraction of sp³-hybridized carbons (Fsp3) is 0.643. The first-order valence-electron chi connectivity index (χ1n) is 7.46. The zero-order chi connectivity index (χ0) is 17.3. The molecule has 3 atom stereocenters. The van der Waals surface area contributed by atoms with Crippen molar-refractivity contribution in [3.05, 3.63) is 17.3 Å². The lowest BCUT2D eigenvalue weighted by Crippen LogP contribution is -2.45. The first-order chi connectivity index (χ1) is 11.2. The molecule has 2 heterocycles. The van der Waals surface area contributed by atoms with Gasteiger partial charge in [-0.2, -0.15) is 4.98 Å². The molecule has 0 spiro atoms. The summed E-state index contributed by atoms with van der Waals surface area (Å²) in [6.45, 7) is 0.169. The average molecular weight is 363 g/mol. The Labute approximate surface area is 140 Å². The number of amides is 1. The van der Waals surface area contributed by atoms with E-state index in [0.717, 1.165) is 6.20 Å². The normalized spacial score (nSPS) is 35.5. The van der Waals surface area contributed by atoms with Gasteiger partial charge in [-0.1, -0.05) is 0 Å². The molecule has 0 radical (unpaired) electrons. The Kier molecular flexibility index (Phi) is 3.13. The maximum absolute atomic E-state index is 13.9. The van der Waals surface area contributed by atoms with E-state index in [1.165, 1.54) is 0 Å². The van der Waals surface area contributed by atoms with Crippen molar-refractivity contribution in [2.75, 3.05) is 24.6 Å². The summed E-state index contributed by atoms with van der Waals surface area (Å²) >= 11 is 5.69. The molecule has 24 heavy (non-hydrogen) atoms. The van der Waals surface area contributed by atoms with E-state index in [-0.39, 0.29) is 30.8 Å². The molecule has 3 fully saturated rings. The van der Waals surface area contributed by atoms with E-state index in [4.69, 9.17) is 11.6 Å².